The van der Waals surface area contributed by atoms with Crippen LogP contribution < -0.4 is 0 Å². The molecule has 0 spiro atoms. The van der Waals surface area contributed by atoms with Crippen LogP contribution in [0, 0.1) is 5.92 Å². The number of hydrogen-bond acceptors (Lipinski definition) is 2. The van der Waals surface area contributed by atoms with Crippen molar-refractivity contribution in [3.05, 3.63) is 34.9 Å². The van der Waals surface area contributed by atoms with Crippen molar-refractivity contribution in [1.82, 2.24) is 0 Å². The molecule has 2 N–H and O–H groups in total. The Kier molecular flexibility index (Phi) is 8.13. The number of allylic oxidation sites excluding steroid dienone is 6. The molecule has 0 saturated carbocycles. The summed E-state index contributed by atoms with van der Waals surface area (Å²) in [4.78, 5) is 0. The molecule has 2 heteroatoms. The van der Waals surface area contributed by atoms with Crippen molar-refractivity contribution < 1.29 is 10.2 Å². The lowest BCUT2D eigenvalue weighted by Crippen LogP contribution is -2.38. The van der Waals surface area contributed by atoms with Gasteiger partial charge >= 0.3 is 0 Å². The van der Waals surface area contributed by atoms with Gasteiger partial charge in [-0.25, -0.2) is 0 Å². The first kappa shape index (κ1) is 19.2. The van der Waals surface area contributed by atoms with E-state index in [1.54, 1.807) is 6.92 Å². The third-order valence-electron chi connectivity index (χ3n) is 4.90. The van der Waals surface area contributed by atoms with E-state index in [0.29, 0.717) is 0 Å². The molecule has 0 bridgehead atoms. The highest BCUT2D eigenvalue weighted by molar-refractivity contribution is 5.08. The molecule has 0 aromatic heterocycles. The monoisotopic (exact) mass is 306 g/mol. The number of rotatable bonds is 2. The van der Waals surface area contributed by atoms with Gasteiger partial charge in [0.05, 0.1) is 12.2 Å². The van der Waals surface area contributed by atoms with E-state index in [0.717, 1.165) is 44.9 Å². The highest BCUT2D eigenvalue weighted by Crippen LogP contribution is 2.28. The van der Waals surface area contributed by atoms with E-state index >= 15 is 0 Å². The van der Waals surface area contributed by atoms with Gasteiger partial charge in [-0.05, 0) is 78.6 Å². The van der Waals surface area contributed by atoms with E-state index in [4.69, 9.17) is 0 Å². The molecule has 0 fully saturated rings. The Morgan fingerprint density at radius 3 is 2.00 bits per heavy atom. The summed E-state index contributed by atoms with van der Waals surface area (Å²) < 4.78 is 0. The Morgan fingerprint density at radius 2 is 1.45 bits per heavy atom. The van der Waals surface area contributed by atoms with Gasteiger partial charge in [-0.3, -0.25) is 0 Å². The average molecular weight is 306 g/mol. The lowest BCUT2D eigenvalue weighted by molar-refractivity contribution is -0.0483. The van der Waals surface area contributed by atoms with Crippen LogP contribution in [-0.2, 0) is 0 Å². The van der Waals surface area contributed by atoms with Crippen molar-refractivity contribution in [1.29, 1.82) is 0 Å². The fourth-order valence-electron chi connectivity index (χ4n) is 2.96. The molecular weight excluding hydrogens is 272 g/mol. The van der Waals surface area contributed by atoms with Crippen LogP contribution in [-0.4, -0.2) is 22.4 Å². The van der Waals surface area contributed by atoms with Gasteiger partial charge in [0, 0.05) is 0 Å². The highest BCUT2D eigenvalue weighted by Gasteiger charge is 2.30. The Labute approximate surface area is 136 Å². The van der Waals surface area contributed by atoms with Gasteiger partial charge < -0.3 is 10.2 Å². The molecule has 2 atom stereocenters. The molecule has 1 aliphatic rings. The summed E-state index contributed by atoms with van der Waals surface area (Å²) in [6, 6.07) is 0. The van der Waals surface area contributed by atoms with Crippen LogP contribution in [0.1, 0.15) is 72.6 Å². The maximum Gasteiger partial charge on any atom is 0.0880 e. The first-order chi connectivity index (χ1) is 10.3. The zero-order valence-electron chi connectivity index (χ0n) is 14.9. The normalized spacial score (nSPS) is 32.5. The van der Waals surface area contributed by atoms with Crippen molar-refractivity contribution in [2.45, 2.75) is 78.2 Å². The first-order valence-electron chi connectivity index (χ1n) is 8.65. The minimum atomic E-state index is -0.995. The summed E-state index contributed by atoms with van der Waals surface area (Å²) in [5.74, 6) is 0.107. The van der Waals surface area contributed by atoms with E-state index in [1.165, 1.54) is 16.7 Å². The third kappa shape index (κ3) is 6.93. The molecule has 2 nitrogen and oxygen atoms in total. The molecule has 0 radical (unpaired) electrons. The highest BCUT2D eigenvalue weighted by atomic mass is 16.3. The van der Waals surface area contributed by atoms with E-state index in [2.05, 4.69) is 39.0 Å². The molecule has 0 aromatic carbocycles. The lowest BCUT2D eigenvalue weighted by atomic mass is 9.82. The van der Waals surface area contributed by atoms with E-state index in [1.807, 2.05) is 0 Å². The van der Waals surface area contributed by atoms with E-state index < -0.39 is 5.60 Å². The molecule has 0 aliphatic heterocycles. The fourth-order valence-corrected chi connectivity index (χ4v) is 2.96. The fraction of sp³-hybridized carbons (Fsp3) is 0.700. The van der Waals surface area contributed by atoms with Crippen LogP contribution in [0.25, 0.3) is 0 Å². The van der Waals surface area contributed by atoms with Crippen LogP contribution in [0.15, 0.2) is 34.9 Å². The molecular formula is C20H34O2. The number of hydrogen-bond donors (Lipinski definition) is 2. The minimum Gasteiger partial charge on any atom is -0.393 e. The molecule has 0 heterocycles. The SMILES string of the molecule is C/C1=C/CC/C(C)=C\C[C@H]([C@](C)(O)CO)CC/C(C)=C\CC1. The third-order valence-corrected chi connectivity index (χ3v) is 4.90. The summed E-state index contributed by atoms with van der Waals surface area (Å²) in [6.07, 6.45) is 14.1. The van der Waals surface area contributed by atoms with Gasteiger partial charge in [0.15, 0.2) is 0 Å². The summed E-state index contributed by atoms with van der Waals surface area (Å²) in [7, 11) is 0. The maximum atomic E-state index is 10.5. The Balaban J connectivity index is 2.87. The molecule has 0 unspecified atom stereocenters. The van der Waals surface area contributed by atoms with Crippen molar-refractivity contribution in [2.75, 3.05) is 6.61 Å². The van der Waals surface area contributed by atoms with Crippen LogP contribution in [0.3, 0.4) is 0 Å². The predicted octanol–water partition coefficient (Wildman–Crippen LogP) is 4.93. The smallest absolute Gasteiger partial charge is 0.0880 e. The Bertz CT molecular complexity index is 427. The van der Waals surface area contributed by atoms with Crippen molar-refractivity contribution in [3.8, 4) is 0 Å². The van der Waals surface area contributed by atoms with Crippen LogP contribution in [0.5, 0.6) is 0 Å². The number of aliphatic hydroxyl groups excluding tert-OH is 1. The topological polar surface area (TPSA) is 40.5 Å². The molecule has 22 heavy (non-hydrogen) atoms. The second-order valence-corrected chi connectivity index (χ2v) is 7.22. The van der Waals surface area contributed by atoms with Gasteiger partial charge in [0.2, 0.25) is 0 Å². The Morgan fingerprint density at radius 1 is 0.955 bits per heavy atom. The second-order valence-electron chi connectivity index (χ2n) is 7.22. The molecule has 126 valence electrons. The molecule has 0 amide bonds. The van der Waals surface area contributed by atoms with Gasteiger partial charge in [0.1, 0.15) is 0 Å². The van der Waals surface area contributed by atoms with Gasteiger partial charge in [0.25, 0.3) is 0 Å². The molecule has 0 aromatic rings. The van der Waals surface area contributed by atoms with Crippen molar-refractivity contribution in [3.63, 3.8) is 0 Å². The minimum absolute atomic E-state index is 0.107. The molecule has 1 aliphatic carbocycles. The van der Waals surface area contributed by atoms with Crippen molar-refractivity contribution >= 4 is 0 Å². The van der Waals surface area contributed by atoms with Crippen LogP contribution in [0.4, 0.5) is 0 Å². The van der Waals surface area contributed by atoms with Crippen LogP contribution >= 0.6 is 0 Å². The van der Waals surface area contributed by atoms with Gasteiger partial charge in [-0.1, -0.05) is 34.9 Å². The molecule has 0 saturated heterocycles. The standard InChI is InChI=1S/C20H34O2/c1-16-7-5-9-17(2)11-13-19(20(4,22)15-21)14-12-18(3)10-6-8-16/h7,10-11,19,21-22H,5-6,8-9,12-15H2,1-4H3/b16-7-,17-11-,18-10-/t19-,20+/m0/s1. The number of aliphatic hydroxyl groups is 2. The lowest BCUT2D eigenvalue weighted by Gasteiger charge is -2.31. The zero-order valence-corrected chi connectivity index (χ0v) is 14.9. The quantitative estimate of drug-likeness (QED) is 0.710. The van der Waals surface area contributed by atoms with E-state index in [9.17, 15) is 10.2 Å². The van der Waals surface area contributed by atoms with Crippen molar-refractivity contribution in [2.24, 2.45) is 5.92 Å². The zero-order chi connectivity index (χ0) is 16.6. The molecule has 1 rings (SSSR count). The maximum absolute atomic E-state index is 10.5. The average Bonchev–Trinajstić information content (AvgIpc) is 2.46. The van der Waals surface area contributed by atoms with E-state index in [-0.39, 0.29) is 12.5 Å². The van der Waals surface area contributed by atoms with Crippen LogP contribution in [0.2, 0.25) is 0 Å². The van der Waals surface area contributed by atoms with Gasteiger partial charge in [-0.2, -0.15) is 0 Å². The summed E-state index contributed by atoms with van der Waals surface area (Å²) >= 11 is 0. The Hall–Kier alpha value is -0.860. The summed E-state index contributed by atoms with van der Waals surface area (Å²) in [5.41, 5.74) is 3.26. The summed E-state index contributed by atoms with van der Waals surface area (Å²) in [5, 5.41) is 19.9. The van der Waals surface area contributed by atoms with Gasteiger partial charge in [-0.15, -0.1) is 0 Å². The predicted molar refractivity (Wildman–Crippen MR) is 94.8 cm³/mol. The summed E-state index contributed by atoms with van der Waals surface area (Å²) in [6.45, 7) is 8.16. The second kappa shape index (κ2) is 9.32. The first-order valence-corrected chi connectivity index (χ1v) is 8.65. The largest absolute Gasteiger partial charge is 0.393 e.